The first-order chi connectivity index (χ1) is 13.5. The van der Waals surface area contributed by atoms with E-state index in [9.17, 15) is 15.0 Å². The number of rotatable bonds is 10. The van der Waals surface area contributed by atoms with Crippen LogP contribution in [0.15, 0.2) is 71.0 Å². The average molecular weight is 380 g/mol. The molecule has 0 aliphatic heterocycles. The molecule has 146 valence electrons. The largest absolute Gasteiger partial charge is 0.508 e. The van der Waals surface area contributed by atoms with Crippen molar-refractivity contribution < 1.29 is 15.0 Å². The van der Waals surface area contributed by atoms with Crippen LogP contribution in [-0.4, -0.2) is 28.5 Å². The molecule has 0 saturated carbocycles. The molecule has 7 heteroatoms. The Labute approximate surface area is 164 Å². The fourth-order valence-corrected chi connectivity index (χ4v) is 2.32. The Morgan fingerprint density at radius 1 is 0.893 bits per heavy atom. The molecule has 2 aromatic rings. The number of aromatic hydroxyl groups is 2. The Balaban J connectivity index is 1.58. The zero-order valence-electron chi connectivity index (χ0n) is 15.5. The van der Waals surface area contributed by atoms with Crippen molar-refractivity contribution in [3.63, 3.8) is 0 Å². The maximum atomic E-state index is 11.7. The minimum Gasteiger partial charge on any atom is -0.508 e. The van der Waals surface area contributed by atoms with Gasteiger partial charge in [-0.15, -0.1) is 0 Å². The second kappa shape index (κ2) is 11.2. The minimum absolute atomic E-state index is 0.148. The van der Waals surface area contributed by atoms with E-state index < -0.39 is 0 Å². The number of hydrogen-bond acceptors (Lipinski definition) is 6. The highest BCUT2D eigenvalue weighted by atomic mass is 16.3. The molecule has 0 fully saturated rings. The highest BCUT2D eigenvalue weighted by molar-refractivity contribution is 5.82. The third-order valence-electron chi connectivity index (χ3n) is 3.71. The fraction of sp³-hybridized carbons (Fsp3) is 0.190. The number of allylic oxidation sites excluding steroid dienone is 1. The van der Waals surface area contributed by atoms with E-state index in [0.717, 1.165) is 17.7 Å². The summed E-state index contributed by atoms with van der Waals surface area (Å²) in [6, 6.07) is 13.4. The van der Waals surface area contributed by atoms with Crippen molar-refractivity contribution in [1.29, 1.82) is 0 Å². The van der Waals surface area contributed by atoms with Gasteiger partial charge in [-0.2, -0.15) is 10.2 Å². The van der Waals surface area contributed by atoms with E-state index in [2.05, 4.69) is 27.6 Å². The average Bonchev–Trinajstić information content (AvgIpc) is 2.65. The summed E-state index contributed by atoms with van der Waals surface area (Å²) in [7, 11) is 0. The molecule has 7 nitrogen and oxygen atoms in total. The van der Waals surface area contributed by atoms with Crippen molar-refractivity contribution in [3.05, 3.63) is 71.9 Å². The predicted octanol–water partition coefficient (Wildman–Crippen LogP) is 3.25. The Morgan fingerprint density at radius 3 is 2.00 bits per heavy atom. The molecule has 0 atom stereocenters. The lowest BCUT2D eigenvalue weighted by Crippen LogP contribution is -2.17. The van der Waals surface area contributed by atoms with Crippen LogP contribution in [0.25, 0.3) is 0 Å². The maximum Gasteiger partial charge on any atom is 0.240 e. The minimum atomic E-state index is -0.170. The van der Waals surface area contributed by atoms with E-state index in [4.69, 9.17) is 0 Å². The van der Waals surface area contributed by atoms with Gasteiger partial charge >= 0.3 is 0 Å². The van der Waals surface area contributed by atoms with Crippen LogP contribution in [0.2, 0.25) is 0 Å². The summed E-state index contributed by atoms with van der Waals surface area (Å²) in [5.74, 6) is 0.166. The number of benzene rings is 2. The quantitative estimate of drug-likeness (QED) is 0.288. The molecule has 0 aromatic heterocycles. The number of unbranched alkanes of at least 4 members (excludes halogenated alkanes) is 1. The number of phenols is 2. The van der Waals surface area contributed by atoms with Crippen molar-refractivity contribution in [1.82, 2.24) is 10.9 Å². The molecule has 0 saturated heterocycles. The molecule has 2 aromatic carbocycles. The molecular formula is C21H24N4O3. The van der Waals surface area contributed by atoms with Crippen molar-refractivity contribution in [2.75, 3.05) is 0 Å². The normalized spacial score (nSPS) is 11.0. The van der Waals surface area contributed by atoms with Crippen molar-refractivity contribution in [2.45, 2.75) is 25.7 Å². The highest BCUT2D eigenvalue weighted by Crippen LogP contribution is 2.10. The SMILES string of the molecule is C=C(CCCCC(=O)NN=Cc1cccc(O)c1)NN=Cc1cccc(O)c1. The van der Waals surface area contributed by atoms with Crippen LogP contribution in [0, 0.1) is 0 Å². The zero-order valence-corrected chi connectivity index (χ0v) is 15.5. The number of nitrogens with zero attached hydrogens (tertiary/aromatic N) is 2. The topological polar surface area (TPSA) is 106 Å². The molecule has 1 amide bonds. The first-order valence-corrected chi connectivity index (χ1v) is 8.90. The molecule has 28 heavy (non-hydrogen) atoms. The van der Waals surface area contributed by atoms with Gasteiger partial charge in [-0.25, -0.2) is 5.43 Å². The van der Waals surface area contributed by atoms with Gasteiger partial charge in [0.25, 0.3) is 0 Å². The van der Waals surface area contributed by atoms with Gasteiger partial charge in [0, 0.05) is 12.1 Å². The van der Waals surface area contributed by atoms with E-state index in [0.29, 0.717) is 24.8 Å². The molecular weight excluding hydrogens is 356 g/mol. The van der Waals surface area contributed by atoms with Crippen LogP contribution in [0.3, 0.4) is 0 Å². The van der Waals surface area contributed by atoms with Crippen molar-refractivity contribution >= 4 is 18.3 Å². The third kappa shape index (κ3) is 8.18. The van der Waals surface area contributed by atoms with Crippen LogP contribution >= 0.6 is 0 Å². The number of carbonyl (C=O) groups excluding carboxylic acids is 1. The van der Waals surface area contributed by atoms with Gasteiger partial charge in [-0.1, -0.05) is 30.8 Å². The van der Waals surface area contributed by atoms with Crippen molar-refractivity contribution in [3.8, 4) is 11.5 Å². The van der Waals surface area contributed by atoms with E-state index in [1.807, 2.05) is 6.07 Å². The Morgan fingerprint density at radius 2 is 1.43 bits per heavy atom. The molecule has 0 aliphatic carbocycles. The lowest BCUT2D eigenvalue weighted by molar-refractivity contribution is -0.121. The predicted molar refractivity (Wildman–Crippen MR) is 110 cm³/mol. The van der Waals surface area contributed by atoms with E-state index in [-0.39, 0.29) is 17.4 Å². The summed E-state index contributed by atoms with van der Waals surface area (Å²) in [4.78, 5) is 11.7. The Hall–Kier alpha value is -3.61. The van der Waals surface area contributed by atoms with Gasteiger partial charge in [0.05, 0.1) is 12.4 Å². The number of phenolic OH excluding ortho intramolecular Hbond substituents is 2. The Kier molecular flexibility index (Phi) is 8.26. The van der Waals surface area contributed by atoms with Gasteiger partial charge in [0.2, 0.25) is 5.91 Å². The van der Waals surface area contributed by atoms with Gasteiger partial charge < -0.3 is 10.2 Å². The Bertz CT molecular complexity index is 791. The molecule has 4 N–H and O–H groups in total. The molecule has 0 spiro atoms. The van der Waals surface area contributed by atoms with Crippen molar-refractivity contribution in [2.24, 2.45) is 10.2 Å². The standard InChI is InChI=1S/C21H24N4O3/c1-16(24-22-14-17-7-4-9-19(26)12-17)6-2-3-11-21(28)25-23-15-18-8-5-10-20(27)13-18/h4-5,7-10,12-15,24,26-27H,1-3,6,11H2,(H,25,28). The van der Waals surface area contributed by atoms with Gasteiger partial charge in [0.1, 0.15) is 11.5 Å². The summed E-state index contributed by atoms with van der Waals surface area (Å²) in [5.41, 5.74) is 7.54. The third-order valence-corrected chi connectivity index (χ3v) is 3.71. The van der Waals surface area contributed by atoms with E-state index in [1.54, 1.807) is 48.7 Å². The molecule has 0 bridgehead atoms. The first-order valence-electron chi connectivity index (χ1n) is 8.90. The summed E-state index contributed by atoms with van der Waals surface area (Å²) in [6.07, 6.45) is 5.62. The summed E-state index contributed by atoms with van der Waals surface area (Å²) >= 11 is 0. The van der Waals surface area contributed by atoms with Crippen LogP contribution in [0.4, 0.5) is 0 Å². The van der Waals surface area contributed by atoms with Crippen LogP contribution in [-0.2, 0) is 4.79 Å². The summed E-state index contributed by atoms with van der Waals surface area (Å²) in [6.45, 7) is 3.89. The lowest BCUT2D eigenvalue weighted by Gasteiger charge is -2.04. The fourth-order valence-electron chi connectivity index (χ4n) is 2.32. The number of nitrogens with one attached hydrogen (secondary N) is 2. The smallest absolute Gasteiger partial charge is 0.240 e. The molecule has 2 rings (SSSR count). The number of hydrazone groups is 2. The maximum absolute atomic E-state index is 11.7. The van der Waals surface area contributed by atoms with Gasteiger partial charge in [-0.05, 0) is 54.7 Å². The highest BCUT2D eigenvalue weighted by Gasteiger charge is 2.00. The van der Waals surface area contributed by atoms with Crippen LogP contribution < -0.4 is 10.9 Å². The number of amides is 1. The summed E-state index contributed by atoms with van der Waals surface area (Å²) < 4.78 is 0. The second-order valence-corrected chi connectivity index (χ2v) is 6.16. The monoisotopic (exact) mass is 380 g/mol. The van der Waals surface area contributed by atoms with Crippen LogP contribution in [0.5, 0.6) is 11.5 Å². The van der Waals surface area contributed by atoms with E-state index >= 15 is 0 Å². The molecule has 0 aliphatic rings. The molecule has 0 radical (unpaired) electrons. The van der Waals surface area contributed by atoms with E-state index in [1.165, 1.54) is 6.21 Å². The zero-order chi connectivity index (χ0) is 20.2. The molecule has 0 heterocycles. The number of carbonyl (C=O) groups is 1. The lowest BCUT2D eigenvalue weighted by atomic mass is 10.1. The van der Waals surface area contributed by atoms with Crippen LogP contribution in [0.1, 0.15) is 36.8 Å². The molecule has 0 unspecified atom stereocenters. The van der Waals surface area contributed by atoms with Gasteiger partial charge in [0.15, 0.2) is 0 Å². The first kappa shape index (κ1) is 20.7. The second-order valence-electron chi connectivity index (χ2n) is 6.16. The van der Waals surface area contributed by atoms with Gasteiger partial charge in [-0.3, -0.25) is 10.2 Å². The summed E-state index contributed by atoms with van der Waals surface area (Å²) in [5, 5.41) is 26.7. The number of hydrogen-bond donors (Lipinski definition) is 4.